The Morgan fingerprint density at radius 2 is 2.43 bits per heavy atom. The number of carbonyl (C=O) groups is 1. The predicted molar refractivity (Wildman–Crippen MR) is 50.8 cm³/mol. The highest BCUT2D eigenvalue weighted by atomic mass is 16.1. The van der Waals surface area contributed by atoms with E-state index in [0.717, 1.165) is 0 Å². The summed E-state index contributed by atoms with van der Waals surface area (Å²) < 4.78 is 1.61. The van der Waals surface area contributed by atoms with Crippen LogP contribution in [0, 0.1) is 0 Å². The van der Waals surface area contributed by atoms with Crippen LogP contribution in [0.5, 0.6) is 0 Å². The summed E-state index contributed by atoms with van der Waals surface area (Å²) in [6.07, 6.45) is 3.13. The van der Waals surface area contributed by atoms with Crippen molar-refractivity contribution >= 4 is 17.2 Å². The zero-order chi connectivity index (χ0) is 10.1. The summed E-state index contributed by atoms with van der Waals surface area (Å²) in [6.45, 7) is 0. The first-order chi connectivity index (χ1) is 6.72. The number of hydrogen-bond acceptors (Lipinski definition) is 4. The second kappa shape index (κ2) is 2.99. The van der Waals surface area contributed by atoms with Gasteiger partial charge in [-0.05, 0) is 6.07 Å². The quantitative estimate of drug-likeness (QED) is 0.646. The van der Waals surface area contributed by atoms with Gasteiger partial charge in [0.1, 0.15) is 6.33 Å². The van der Waals surface area contributed by atoms with Gasteiger partial charge in [-0.2, -0.15) is 0 Å². The summed E-state index contributed by atoms with van der Waals surface area (Å²) in [5.74, 6) is -0.188. The Bertz CT molecular complexity index is 489. The largest absolute Gasteiger partial charge is 0.396 e. The van der Waals surface area contributed by atoms with Gasteiger partial charge in [-0.3, -0.25) is 9.20 Å². The molecule has 3 N–H and O–H groups in total. The third-order valence-corrected chi connectivity index (χ3v) is 1.91. The van der Waals surface area contributed by atoms with E-state index in [4.69, 9.17) is 5.73 Å². The maximum atomic E-state index is 11.3. The molecular weight excluding hydrogens is 182 g/mol. The Morgan fingerprint density at radius 3 is 3.14 bits per heavy atom. The minimum Gasteiger partial charge on any atom is -0.396 e. The number of anilines is 1. The molecule has 1 amide bonds. The van der Waals surface area contributed by atoms with Crippen LogP contribution in [0.4, 0.5) is 5.69 Å². The normalized spacial score (nSPS) is 10.4. The van der Waals surface area contributed by atoms with Gasteiger partial charge in [-0.15, -0.1) is 10.2 Å². The first-order valence-corrected chi connectivity index (χ1v) is 4.03. The number of pyridine rings is 1. The number of aromatic nitrogens is 3. The van der Waals surface area contributed by atoms with E-state index in [9.17, 15) is 4.79 Å². The molecule has 2 aromatic rings. The molecule has 0 unspecified atom stereocenters. The number of carbonyl (C=O) groups excluding carboxylic acids is 1. The number of hydrogen-bond donors (Lipinski definition) is 2. The summed E-state index contributed by atoms with van der Waals surface area (Å²) in [5.41, 5.74) is 7.16. The standard InChI is InChI=1S/C8H9N5O/c1-10-8(14)5-2-6(9)7-12-11-4-13(7)3-5/h2-4H,9H2,1H3,(H,10,14). The third kappa shape index (κ3) is 1.17. The number of rotatable bonds is 1. The SMILES string of the molecule is CNC(=O)c1cc(N)c2nncn2c1. The van der Waals surface area contributed by atoms with Gasteiger partial charge in [0, 0.05) is 13.2 Å². The van der Waals surface area contributed by atoms with Crippen molar-refractivity contribution in [1.29, 1.82) is 0 Å². The second-order valence-electron chi connectivity index (χ2n) is 2.83. The highest BCUT2D eigenvalue weighted by Gasteiger charge is 2.08. The lowest BCUT2D eigenvalue weighted by Crippen LogP contribution is -2.18. The summed E-state index contributed by atoms with van der Waals surface area (Å²) in [4.78, 5) is 11.3. The molecule has 6 heteroatoms. The van der Waals surface area contributed by atoms with Crippen LogP contribution < -0.4 is 11.1 Å². The molecule has 0 saturated carbocycles. The zero-order valence-corrected chi connectivity index (χ0v) is 7.56. The Hall–Kier alpha value is -2.11. The van der Waals surface area contributed by atoms with Crippen LogP contribution in [0.15, 0.2) is 18.6 Å². The average Bonchev–Trinajstić information content (AvgIpc) is 2.64. The number of amides is 1. The minimum atomic E-state index is -0.188. The lowest BCUT2D eigenvalue weighted by atomic mass is 10.2. The fourth-order valence-corrected chi connectivity index (χ4v) is 1.23. The molecule has 0 aliphatic rings. The number of nitrogens with two attached hydrogens (primary N) is 1. The number of fused-ring (bicyclic) bond motifs is 1. The number of nitrogens with one attached hydrogen (secondary N) is 1. The van der Waals surface area contributed by atoms with Gasteiger partial charge in [-0.1, -0.05) is 0 Å². The maximum Gasteiger partial charge on any atom is 0.252 e. The van der Waals surface area contributed by atoms with E-state index < -0.39 is 0 Å². The van der Waals surface area contributed by atoms with Crippen molar-refractivity contribution in [2.75, 3.05) is 12.8 Å². The van der Waals surface area contributed by atoms with E-state index in [2.05, 4.69) is 15.5 Å². The first-order valence-electron chi connectivity index (χ1n) is 4.03. The molecule has 2 aromatic heterocycles. The van der Waals surface area contributed by atoms with E-state index in [0.29, 0.717) is 16.9 Å². The molecule has 14 heavy (non-hydrogen) atoms. The van der Waals surface area contributed by atoms with E-state index in [-0.39, 0.29) is 5.91 Å². The van der Waals surface area contributed by atoms with Gasteiger partial charge in [0.15, 0.2) is 5.65 Å². The van der Waals surface area contributed by atoms with Crippen LogP contribution in [0.1, 0.15) is 10.4 Å². The first kappa shape index (κ1) is 8.49. The Balaban J connectivity index is 2.64. The lowest BCUT2D eigenvalue weighted by molar-refractivity contribution is 0.0962. The van der Waals surface area contributed by atoms with Crippen molar-refractivity contribution in [2.45, 2.75) is 0 Å². The van der Waals surface area contributed by atoms with Crippen LogP contribution >= 0.6 is 0 Å². The molecule has 2 heterocycles. The summed E-state index contributed by atoms with van der Waals surface area (Å²) in [5, 5.41) is 10.0. The summed E-state index contributed by atoms with van der Waals surface area (Å²) >= 11 is 0. The number of nitrogen functional groups attached to an aromatic ring is 1. The van der Waals surface area contributed by atoms with E-state index >= 15 is 0 Å². The molecule has 0 fully saturated rings. The summed E-state index contributed by atoms with van der Waals surface area (Å²) in [7, 11) is 1.56. The van der Waals surface area contributed by atoms with Crippen molar-refractivity contribution in [1.82, 2.24) is 19.9 Å². The van der Waals surface area contributed by atoms with Gasteiger partial charge in [-0.25, -0.2) is 0 Å². The van der Waals surface area contributed by atoms with Gasteiger partial charge >= 0.3 is 0 Å². The minimum absolute atomic E-state index is 0.188. The molecule has 0 aliphatic heterocycles. The van der Waals surface area contributed by atoms with Gasteiger partial charge in [0.05, 0.1) is 11.3 Å². The third-order valence-electron chi connectivity index (χ3n) is 1.91. The van der Waals surface area contributed by atoms with Crippen LogP contribution in [0.2, 0.25) is 0 Å². The van der Waals surface area contributed by atoms with E-state index in [1.165, 1.54) is 6.33 Å². The lowest BCUT2D eigenvalue weighted by Gasteiger charge is -2.02. The van der Waals surface area contributed by atoms with Crippen LogP contribution in [-0.2, 0) is 0 Å². The van der Waals surface area contributed by atoms with Crippen LogP contribution in [-0.4, -0.2) is 27.6 Å². The fourth-order valence-electron chi connectivity index (χ4n) is 1.23. The molecule has 0 aromatic carbocycles. The van der Waals surface area contributed by atoms with Crippen molar-refractivity contribution in [3.8, 4) is 0 Å². The molecule has 0 radical (unpaired) electrons. The summed E-state index contributed by atoms with van der Waals surface area (Å²) in [6, 6.07) is 1.57. The average molecular weight is 191 g/mol. The number of nitrogens with zero attached hydrogens (tertiary/aromatic N) is 3. The van der Waals surface area contributed by atoms with Crippen molar-refractivity contribution in [3.63, 3.8) is 0 Å². The smallest absolute Gasteiger partial charge is 0.252 e. The van der Waals surface area contributed by atoms with Crippen molar-refractivity contribution in [2.24, 2.45) is 0 Å². The van der Waals surface area contributed by atoms with Crippen LogP contribution in [0.25, 0.3) is 5.65 Å². The van der Waals surface area contributed by atoms with E-state index in [1.807, 2.05) is 0 Å². The highest BCUT2D eigenvalue weighted by Crippen LogP contribution is 2.12. The molecule has 0 aliphatic carbocycles. The van der Waals surface area contributed by atoms with Crippen molar-refractivity contribution in [3.05, 3.63) is 24.2 Å². The maximum absolute atomic E-state index is 11.3. The molecule has 0 spiro atoms. The molecule has 6 nitrogen and oxygen atoms in total. The Morgan fingerprint density at radius 1 is 1.64 bits per heavy atom. The van der Waals surface area contributed by atoms with Crippen molar-refractivity contribution < 1.29 is 4.79 Å². The Kier molecular flexibility index (Phi) is 1.81. The fraction of sp³-hybridized carbons (Fsp3) is 0.125. The van der Waals surface area contributed by atoms with E-state index in [1.54, 1.807) is 23.7 Å². The molecule has 72 valence electrons. The zero-order valence-electron chi connectivity index (χ0n) is 7.56. The molecule has 0 bridgehead atoms. The topological polar surface area (TPSA) is 85.3 Å². The highest BCUT2D eigenvalue weighted by molar-refractivity contribution is 5.95. The molecule has 0 atom stereocenters. The second-order valence-corrected chi connectivity index (χ2v) is 2.83. The molecule has 0 saturated heterocycles. The Labute approximate surface area is 79.7 Å². The van der Waals surface area contributed by atoms with Gasteiger partial charge < -0.3 is 11.1 Å². The monoisotopic (exact) mass is 191 g/mol. The predicted octanol–water partition coefficient (Wildman–Crippen LogP) is -0.329. The molecule has 2 rings (SSSR count). The van der Waals surface area contributed by atoms with Gasteiger partial charge in [0.2, 0.25) is 0 Å². The van der Waals surface area contributed by atoms with Crippen LogP contribution in [0.3, 0.4) is 0 Å². The molecular formula is C8H9N5O. The van der Waals surface area contributed by atoms with Gasteiger partial charge in [0.25, 0.3) is 5.91 Å².